The van der Waals surface area contributed by atoms with Crippen LogP contribution >= 0.6 is 0 Å². The first-order chi connectivity index (χ1) is 8.17. The molecular formula is C12H26N2O3. The summed E-state index contributed by atoms with van der Waals surface area (Å²) in [5.74, 6) is -0.163. The van der Waals surface area contributed by atoms with Gasteiger partial charge in [0.2, 0.25) is 0 Å². The number of hydrogen-bond donors (Lipinski definition) is 1. The Labute approximate surface area is 104 Å². The van der Waals surface area contributed by atoms with Crippen LogP contribution in [0.25, 0.3) is 0 Å². The zero-order valence-corrected chi connectivity index (χ0v) is 11.3. The molecule has 0 bridgehead atoms. The van der Waals surface area contributed by atoms with Crippen LogP contribution in [-0.4, -0.2) is 56.9 Å². The van der Waals surface area contributed by atoms with E-state index >= 15 is 0 Å². The van der Waals surface area contributed by atoms with Gasteiger partial charge in [-0.15, -0.1) is 0 Å². The van der Waals surface area contributed by atoms with Crippen molar-refractivity contribution in [1.29, 1.82) is 0 Å². The van der Waals surface area contributed by atoms with Gasteiger partial charge < -0.3 is 20.1 Å². The first kappa shape index (κ1) is 16.4. The van der Waals surface area contributed by atoms with E-state index in [4.69, 9.17) is 10.5 Å². The van der Waals surface area contributed by atoms with Crippen molar-refractivity contribution >= 4 is 5.97 Å². The van der Waals surface area contributed by atoms with Gasteiger partial charge in [0, 0.05) is 26.2 Å². The largest absolute Gasteiger partial charge is 0.469 e. The van der Waals surface area contributed by atoms with Crippen molar-refractivity contribution in [1.82, 2.24) is 4.90 Å². The number of carbonyl (C=O) groups is 1. The monoisotopic (exact) mass is 246 g/mol. The number of nitrogens with two attached hydrogens (primary N) is 1. The maximum atomic E-state index is 11.0. The zero-order valence-electron chi connectivity index (χ0n) is 11.3. The van der Waals surface area contributed by atoms with Crippen LogP contribution in [0.2, 0.25) is 0 Å². The van der Waals surface area contributed by atoms with Gasteiger partial charge in [0.1, 0.15) is 0 Å². The minimum absolute atomic E-state index is 0.118. The fourth-order valence-electron chi connectivity index (χ4n) is 1.61. The molecule has 0 spiro atoms. The highest BCUT2D eigenvalue weighted by molar-refractivity contribution is 5.69. The molecule has 1 atom stereocenters. The van der Waals surface area contributed by atoms with Gasteiger partial charge in [-0.2, -0.15) is 0 Å². The topological polar surface area (TPSA) is 64.8 Å². The van der Waals surface area contributed by atoms with Crippen LogP contribution in [0.15, 0.2) is 0 Å². The Morgan fingerprint density at radius 1 is 1.35 bits per heavy atom. The lowest BCUT2D eigenvalue weighted by molar-refractivity contribution is -0.141. The standard InChI is InChI=1S/C12H26N2O3/c1-4-14(9-7-12(15)16-3)8-6-11(10-13)17-5-2/h11H,4-10,13H2,1-3H3. The van der Waals surface area contributed by atoms with Crippen molar-refractivity contribution in [3.63, 3.8) is 0 Å². The molecule has 1 unspecified atom stereocenters. The summed E-state index contributed by atoms with van der Waals surface area (Å²) < 4.78 is 10.1. The van der Waals surface area contributed by atoms with Gasteiger partial charge in [-0.3, -0.25) is 4.79 Å². The summed E-state index contributed by atoms with van der Waals surface area (Å²) in [6.07, 6.45) is 1.46. The maximum Gasteiger partial charge on any atom is 0.306 e. The number of hydrogen-bond acceptors (Lipinski definition) is 5. The van der Waals surface area contributed by atoms with Crippen molar-refractivity contribution in [3.8, 4) is 0 Å². The number of methoxy groups -OCH3 is 1. The molecule has 0 aliphatic heterocycles. The Morgan fingerprint density at radius 2 is 2.06 bits per heavy atom. The van der Waals surface area contributed by atoms with Crippen LogP contribution in [0.4, 0.5) is 0 Å². The molecule has 0 aromatic carbocycles. The van der Waals surface area contributed by atoms with E-state index in [9.17, 15) is 4.79 Å². The van der Waals surface area contributed by atoms with Gasteiger partial charge in [0.25, 0.3) is 0 Å². The number of ether oxygens (including phenoxy) is 2. The molecule has 0 fully saturated rings. The first-order valence-corrected chi connectivity index (χ1v) is 6.28. The summed E-state index contributed by atoms with van der Waals surface area (Å²) in [5, 5.41) is 0. The van der Waals surface area contributed by atoms with E-state index in [1.807, 2.05) is 6.92 Å². The van der Waals surface area contributed by atoms with Crippen LogP contribution in [0, 0.1) is 0 Å². The van der Waals surface area contributed by atoms with Crippen molar-refractivity contribution in [2.75, 3.05) is 39.9 Å². The van der Waals surface area contributed by atoms with Gasteiger partial charge in [0.15, 0.2) is 0 Å². The molecule has 0 saturated heterocycles. The van der Waals surface area contributed by atoms with E-state index in [2.05, 4.69) is 16.6 Å². The second-order valence-electron chi connectivity index (χ2n) is 3.86. The minimum Gasteiger partial charge on any atom is -0.469 e. The lowest BCUT2D eigenvalue weighted by Crippen LogP contribution is -2.33. The molecule has 5 heteroatoms. The maximum absolute atomic E-state index is 11.0. The third-order valence-electron chi connectivity index (χ3n) is 2.74. The number of carbonyl (C=O) groups excluding carboxylic acids is 1. The lowest BCUT2D eigenvalue weighted by Gasteiger charge is -2.22. The normalized spacial score (nSPS) is 12.8. The summed E-state index contributed by atoms with van der Waals surface area (Å²) >= 11 is 0. The number of nitrogens with zero attached hydrogens (tertiary/aromatic N) is 1. The highest BCUT2D eigenvalue weighted by Gasteiger charge is 2.10. The Balaban J connectivity index is 3.83. The van der Waals surface area contributed by atoms with Crippen molar-refractivity contribution in [3.05, 3.63) is 0 Å². The van der Waals surface area contributed by atoms with Gasteiger partial charge >= 0.3 is 5.97 Å². The number of rotatable bonds is 10. The van der Waals surface area contributed by atoms with Crippen LogP contribution in [0.5, 0.6) is 0 Å². The molecule has 102 valence electrons. The Bertz CT molecular complexity index is 200. The van der Waals surface area contributed by atoms with Gasteiger partial charge in [-0.25, -0.2) is 0 Å². The fraction of sp³-hybridized carbons (Fsp3) is 0.917. The summed E-state index contributed by atoms with van der Waals surface area (Å²) in [6, 6.07) is 0. The van der Waals surface area contributed by atoms with Crippen LogP contribution < -0.4 is 5.73 Å². The predicted octanol–water partition coefficient (Wildman–Crippen LogP) is 0.625. The molecule has 0 amide bonds. The Morgan fingerprint density at radius 3 is 2.53 bits per heavy atom. The second kappa shape index (κ2) is 10.5. The smallest absolute Gasteiger partial charge is 0.306 e. The molecule has 0 aliphatic carbocycles. The van der Waals surface area contributed by atoms with Crippen LogP contribution in [-0.2, 0) is 14.3 Å². The third kappa shape index (κ3) is 8.12. The highest BCUT2D eigenvalue weighted by atomic mass is 16.5. The lowest BCUT2D eigenvalue weighted by atomic mass is 10.2. The van der Waals surface area contributed by atoms with E-state index in [0.717, 1.165) is 26.1 Å². The Kier molecular flexibility index (Phi) is 10.1. The summed E-state index contributed by atoms with van der Waals surface area (Å²) in [4.78, 5) is 13.2. The van der Waals surface area contributed by atoms with Gasteiger partial charge in [-0.1, -0.05) is 6.92 Å². The molecular weight excluding hydrogens is 220 g/mol. The van der Waals surface area contributed by atoms with E-state index in [-0.39, 0.29) is 12.1 Å². The van der Waals surface area contributed by atoms with E-state index < -0.39 is 0 Å². The molecule has 0 radical (unpaired) electrons. The molecule has 0 heterocycles. The molecule has 0 aliphatic rings. The molecule has 0 saturated carbocycles. The SMILES string of the molecule is CCOC(CN)CCN(CC)CCC(=O)OC. The first-order valence-electron chi connectivity index (χ1n) is 6.28. The average molecular weight is 246 g/mol. The zero-order chi connectivity index (χ0) is 13.1. The summed E-state index contributed by atoms with van der Waals surface area (Å²) in [6.45, 7) is 7.83. The van der Waals surface area contributed by atoms with E-state index in [1.165, 1.54) is 7.11 Å². The minimum atomic E-state index is -0.163. The quantitative estimate of drug-likeness (QED) is 0.573. The summed E-state index contributed by atoms with van der Waals surface area (Å²) in [5.41, 5.74) is 5.61. The number of esters is 1. The second-order valence-corrected chi connectivity index (χ2v) is 3.86. The molecule has 0 aromatic heterocycles. The average Bonchev–Trinajstić information content (AvgIpc) is 2.36. The summed E-state index contributed by atoms with van der Waals surface area (Å²) in [7, 11) is 1.41. The van der Waals surface area contributed by atoms with Crippen molar-refractivity contribution in [2.45, 2.75) is 32.8 Å². The molecule has 0 aromatic rings. The fourth-order valence-corrected chi connectivity index (χ4v) is 1.61. The van der Waals surface area contributed by atoms with Crippen LogP contribution in [0.1, 0.15) is 26.7 Å². The molecule has 2 N–H and O–H groups in total. The predicted molar refractivity (Wildman–Crippen MR) is 67.8 cm³/mol. The third-order valence-corrected chi connectivity index (χ3v) is 2.74. The van der Waals surface area contributed by atoms with E-state index in [1.54, 1.807) is 0 Å². The van der Waals surface area contributed by atoms with Gasteiger partial charge in [0.05, 0.1) is 19.6 Å². The molecule has 0 rings (SSSR count). The van der Waals surface area contributed by atoms with Crippen molar-refractivity contribution in [2.24, 2.45) is 5.73 Å². The van der Waals surface area contributed by atoms with Crippen molar-refractivity contribution < 1.29 is 14.3 Å². The highest BCUT2D eigenvalue weighted by Crippen LogP contribution is 2.01. The van der Waals surface area contributed by atoms with E-state index in [0.29, 0.717) is 19.6 Å². The Hall–Kier alpha value is -0.650. The molecule has 5 nitrogen and oxygen atoms in total. The van der Waals surface area contributed by atoms with Crippen LogP contribution in [0.3, 0.4) is 0 Å². The molecule has 17 heavy (non-hydrogen) atoms. The van der Waals surface area contributed by atoms with Gasteiger partial charge in [-0.05, 0) is 19.9 Å².